The highest BCUT2D eigenvalue weighted by atomic mass is 79.9. The summed E-state index contributed by atoms with van der Waals surface area (Å²) in [5.41, 5.74) is 1.58. The standard InChI is InChI=1S/C18H20BrNO3/c1-4-17(12-5-7-14(19)8-6-12)20-18(21)13-9-15(22-2)11-16(10-13)23-3/h5-11,17H,4H2,1-3H3,(H,20,21). The van der Waals surface area contributed by atoms with Gasteiger partial charge >= 0.3 is 0 Å². The average molecular weight is 378 g/mol. The Kier molecular flexibility index (Phi) is 6.04. The molecule has 0 saturated carbocycles. The Morgan fingerprint density at radius 2 is 1.65 bits per heavy atom. The summed E-state index contributed by atoms with van der Waals surface area (Å²) in [7, 11) is 3.13. The molecule has 23 heavy (non-hydrogen) atoms. The van der Waals surface area contributed by atoms with Crippen LogP contribution in [0.15, 0.2) is 46.9 Å². The fourth-order valence-corrected chi connectivity index (χ4v) is 2.56. The first kappa shape index (κ1) is 17.3. The van der Waals surface area contributed by atoms with Gasteiger partial charge in [0.15, 0.2) is 0 Å². The second-order valence-electron chi connectivity index (χ2n) is 5.09. The van der Waals surface area contributed by atoms with Gasteiger partial charge in [0.05, 0.1) is 20.3 Å². The van der Waals surface area contributed by atoms with Gasteiger partial charge in [-0.2, -0.15) is 0 Å². The van der Waals surface area contributed by atoms with Crippen LogP contribution in [0.5, 0.6) is 11.5 Å². The van der Waals surface area contributed by atoms with Gasteiger partial charge in [-0.3, -0.25) is 4.79 Å². The third-order valence-corrected chi connectivity index (χ3v) is 4.13. The molecule has 4 nitrogen and oxygen atoms in total. The van der Waals surface area contributed by atoms with E-state index in [-0.39, 0.29) is 11.9 Å². The van der Waals surface area contributed by atoms with E-state index >= 15 is 0 Å². The SMILES string of the molecule is CCC(NC(=O)c1cc(OC)cc(OC)c1)c1ccc(Br)cc1. The van der Waals surface area contributed by atoms with Crippen molar-refractivity contribution in [2.45, 2.75) is 19.4 Å². The van der Waals surface area contributed by atoms with Gasteiger partial charge in [0, 0.05) is 16.1 Å². The number of halogens is 1. The Morgan fingerprint density at radius 3 is 2.13 bits per heavy atom. The van der Waals surface area contributed by atoms with Crippen molar-refractivity contribution in [2.75, 3.05) is 14.2 Å². The van der Waals surface area contributed by atoms with Crippen molar-refractivity contribution in [3.8, 4) is 11.5 Å². The van der Waals surface area contributed by atoms with Crippen LogP contribution in [0, 0.1) is 0 Å². The molecule has 0 aliphatic rings. The molecule has 0 spiro atoms. The lowest BCUT2D eigenvalue weighted by Crippen LogP contribution is -2.28. The first-order valence-corrected chi connectivity index (χ1v) is 8.16. The molecule has 1 N–H and O–H groups in total. The normalized spacial score (nSPS) is 11.7. The van der Waals surface area contributed by atoms with E-state index < -0.39 is 0 Å². The van der Waals surface area contributed by atoms with Gasteiger partial charge in [-0.15, -0.1) is 0 Å². The molecule has 0 radical (unpaired) electrons. The molecule has 0 fully saturated rings. The van der Waals surface area contributed by atoms with Crippen LogP contribution in [0.1, 0.15) is 35.3 Å². The number of hydrogen-bond acceptors (Lipinski definition) is 3. The summed E-state index contributed by atoms with van der Waals surface area (Å²) in [6.45, 7) is 2.04. The quantitative estimate of drug-likeness (QED) is 0.813. The van der Waals surface area contributed by atoms with Gasteiger partial charge in [-0.25, -0.2) is 0 Å². The molecule has 0 aliphatic heterocycles. The molecule has 2 aromatic carbocycles. The van der Waals surface area contributed by atoms with E-state index in [2.05, 4.69) is 21.2 Å². The first-order valence-electron chi connectivity index (χ1n) is 7.36. The highest BCUT2D eigenvalue weighted by molar-refractivity contribution is 9.10. The fraction of sp³-hybridized carbons (Fsp3) is 0.278. The Balaban J connectivity index is 2.21. The van der Waals surface area contributed by atoms with Crippen molar-refractivity contribution in [3.63, 3.8) is 0 Å². The zero-order chi connectivity index (χ0) is 16.8. The fourth-order valence-electron chi connectivity index (χ4n) is 2.30. The molecule has 2 aromatic rings. The van der Waals surface area contributed by atoms with Gasteiger partial charge in [0.2, 0.25) is 0 Å². The van der Waals surface area contributed by atoms with E-state index in [9.17, 15) is 4.79 Å². The molecule has 0 aromatic heterocycles. The number of hydrogen-bond donors (Lipinski definition) is 1. The molecule has 2 rings (SSSR count). The number of nitrogens with one attached hydrogen (secondary N) is 1. The topological polar surface area (TPSA) is 47.6 Å². The molecule has 1 atom stereocenters. The van der Waals surface area contributed by atoms with Crippen LogP contribution in [-0.4, -0.2) is 20.1 Å². The maximum absolute atomic E-state index is 12.6. The van der Waals surface area contributed by atoms with Crippen LogP contribution >= 0.6 is 15.9 Å². The zero-order valence-corrected chi connectivity index (χ0v) is 15.0. The van der Waals surface area contributed by atoms with Crippen LogP contribution in [-0.2, 0) is 0 Å². The van der Waals surface area contributed by atoms with Gasteiger partial charge in [-0.1, -0.05) is 35.0 Å². The monoisotopic (exact) mass is 377 g/mol. The van der Waals surface area contributed by atoms with Crippen molar-refractivity contribution in [3.05, 3.63) is 58.1 Å². The van der Waals surface area contributed by atoms with Crippen LogP contribution in [0.2, 0.25) is 0 Å². The highest BCUT2D eigenvalue weighted by Crippen LogP contribution is 2.24. The third kappa shape index (κ3) is 4.48. The minimum Gasteiger partial charge on any atom is -0.497 e. The van der Waals surface area contributed by atoms with Crippen molar-refractivity contribution in [1.29, 1.82) is 0 Å². The largest absolute Gasteiger partial charge is 0.497 e. The molecule has 0 bridgehead atoms. The summed E-state index contributed by atoms with van der Waals surface area (Å²) in [5.74, 6) is 1.02. The third-order valence-electron chi connectivity index (χ3n) is 3.60. The molecule has 1 unspecified atom stereocenters. The number of methoxy groups -OCH3 is 2. The van der Waals surface area contributed by atoms with Crippen molar-refractivity contribution >= 4 is 21.8 Å². The van der Waals surface area contributed by atoms with Crippen LogP contribution in [0.25, 0.3) is 0 Å². The average Bonchev–Trinajstić information content (AvgIpc) is 2.59. The summed E-state index contributed by atoms with van der Waals surface area (Å²) in [5, 5.41) is 3.06. The Morgan fingerprint density at radius 1 is 1.09 bits per heavy atom. The minimum atomic E-state index is -0.156. The van der Waals surface area contributed by atoms with E-state index in [0.717, 1.165) is 16.5 Å². The van der Waals surface area contributed by atoms with Gasteiger partial charge in [-0.05, 0) is 36.2 Å². The molecule has 1 amide bonds. The zero-order valence-electron chi connectivity index (χ0n) is 13.4. The number of benzene rings is 2. The van der Waals surface area contributed by atoms with Crippen LogP contribution in [0.3, 0.4) is 0 Å². The molecule has 0 saturated heterocycles. The molecular formula is C18H20BrNO3. The second-order valence-corrected chi connectivity index (χ2v) is 6.00. The highest BCUT2D eigenvalue weighted by Gasteiger charge is 2.15. The number of amides is 1. The smallest absolute Gasteiger partial charge is 0.252 e. The predicted octanol–water partition coefficient (Wildman–Crippen LogP) is 4.35. The molecule has 5 heteroatoms. The van der Waals surface area contributed by atoms with Crippen LogP contribution < -0.4 is 14.8 Å². The molecule has 0 aliphatic carbocycles. The summed E-state index contributed by atoms with van der Waals surface area (Å²) < 4.78 is 11.4. The van der Waals surface area contributed by atoms with Crippen LogP contribution in [0.4, 0.5) is 0 Å². The maximum Gasteiger partial charge on any atom is 0.252 e. The Labute approximate surface area is 144 Å². The number of rotatable bonds is 6. The summed E-state index contributed by atoms with van der Waals surface area (Å²) in [6, 6.07) is 13.0. The van der Waals surface area contributed by atoms with Gasteiger partial charge < -0.3 is 14.8 Å². The van der Waals surface area contributed by atoms with E-state index in [1.165, 1.54) is 0 Å². The minimum absolute atomic E-state index is 0.0483. The number of carbonyl (C=O) groups is 1. The van der Waals surface area contributed by atoms with E-state index in [0.29, 0.717) is 17.1 Å². The second kappa shape index (κ2) is 8.02. The molecular weight excluding hydrogens is 358 g/mol. The Hall–Kier alpha value is -2.01. The van der Waals surface area contributed by atoms with Crippen molar-refractivity contribution in [1.82, 2.24) is 5.32 Å². The summed E-state index contributed by atoms with van der Waals surface area (Å²) in [4.78, 5) is 12.6. The Bertz CT molecular complexity index is 648. The van der Waals surface area contributed by atoms with Crippen molar-refractivity contribution in [2.24, 2.45) is 0 Å². The molecule has 122 valence electrons. The van der Waals surface area contributed by atoms with Crippen molar-refractivity contribution < 1.29 is 14.3 Å². The van der Waals surface area contributed by atoms with Gasteiger partial charge in [0.1, 0.15) is 11.5 Å². The lowest BCUT2D eigenvalue weighted by Gasteiger charge is -2.18. The van der Waals surface area contributed by atoms with Gasteiger partial charge in [0.25, 0.3) is 5.91 Å². The predicted molar refractivity (Wildman–Crippen MR) is 94.2 cm³/mol. The molecule has 0 heterocycles. The van der Waals surface area contributed by atoms with E-state index in [1.54, 1.807) is 32.4 Å². The lowest BCUT2D eigenvalue weighted by atomic mass is 10.0. The number of carbonyl (C=O) groups excluding carboxylic acids is 1. The summed E-state index contributed by atoms with van der Waals surface area (Å²) >= 11 is 3.42. The van der Waals surface area contributed by atoms with E-state index in [1.807, 2.05) is 31.2 Å². The summed E-state index contributed by atoms with van der Waals surface area (Å²) in [6.07, 6.45) is 0.800. The van der Waals surface area contributed by atoms with E-state index in [4.69, 9.17) is 9.47 Å². The lowest BCUT2D eigenvalue weighted by molar-refractivity contribution is 0.0935. The first-order chi connectivity index (χ1) is 11.1. The number of ether oxygens (including phenoxy) is 2. The maximum atomic E-state index is 12.6.